The Kier molecular flexibility index (Phi) is 3.57. The molecule has 0 aliphatic carbocycles. The minimum atomic E-state index is -0.528. The lowest BCUT2D eigenvalue weighted by Gasteiger charge is -2.09. The van der Waals surface area contributed by atoms with Crippen LogP contribution in [0, 0.1) is 0 Å². The Hall–Kier alpha value is -3.15. The Morgan fingerprint density at radius 2 is 1.95 bits per heavy atom. The van der Waals surface area contributed by atoms with E-state index in [0.717, 1.165) is 0 Å². The van der Waals surface area contributed by atoms with Crippen molar-refractivity contribution in [2.75, 3.05) is 12.4 Å². The molecule has 0 radical (unpaired) electrons. The normalized spacial score (nSPS) is 10.4. The van der Waals surface area contributed by atoms with E-state index >= 15 is 0 Å². The Morgan fingerprint density at radius 3 is 2.77 bits per heavy atom. The van der Waals surface area contributed by atoms with Gasteiger partial charge in [0.05, 0.1) is 12.8 Å². The highest BCUT2D eigenvalue weighted by Crippen LogP contribution is 2.23. The fourth-order valence-electron chi connectivity index (χ4n) is 2.12. The fourth-order valence-corrected chi connectivity index (χ4v) is 2.12. The van der Waals surface area contributed by atoms with E-state index in [9.17, 15) is 9.59 Å². The molecule has 22 heavy (non-hydrogen) atoms. The molecular weight excluding hydrogens is 282 g/mol. The minimum Gasteiger partial charge on any atom is -0.495 e. The first-order valence-electron chi connectivity index (χ1n) is 6.61. The van der Waals surface area contributed by atoms with Gasteiger partial charge in [-0.2, -0.15) is 0 Å². The third kappa shape index (κ3) is 2.42. The van der Waals surface area contributed by atoms with Crippen molar-refractivity contribution in [2.45, 2.75) is 0 Å². The number of carbonyl (C=O) groups excluding carboxylic acids is 1. The molecule has 3 rings (SSSR count). The second kappa shape index (κ2) is 5.69. The predicted molar refractivity (Wildman–Crippen MR) is 82.4 cm³/mol. The Bertz CT molecular complexity index is 902. The maximum absolute atomic E-state index is 12.3. The van der Waals surface area contributed by atoms with Gasteiger partial charge >= 0.3 is 0 Å². The van der Waals surface area contributed by atoms with Crippen LogP contribution in [0.15, 0.2) is 59.7 Å². The Labute approximate surface area is 126 Å². The van der Waals surface area contributed by atoms with E-state index in [2.05, 4.69) is 10.3 Å². The van der Waals surface area contributed by atoms with Crippen LogP contribution in [-0.2, 0) is 0 Å². The quantitative estimate of drug-likeness (QED) is 0.801. The van der Waals surface area contributed by atoms with Gasteiger partial charge in [-0.15, -0.1) is 0 Å². The average Bonchev–Trinajstić information content (AvgIpc) is 2.56. The lowest BCUT2D eigenvalue weighted by Crippen LogP contribution is -2.26. The van der Waals surface area contributed by atoms with E-state index in [1.165, 1.54) is 17.7 Å². The molecule has 0 unspecified atom stereocenters. The number of para-hydroxylation sites is 2. The SMILES string of the molecule is COc1ccccc1NC(=O)c1cnc2ccccn2c1=O. The summed E-state index contributed by atoms with van der Waals surface area (Å²) in [5.41, 5.74) is 0.529. The van der Waals surface area contributed by atoms with Gasteiger partial charge in [0.1, 0.15) is 17.0 Å². The molecule has 0 aliphatic rings. The molecule has 2 heterocycles. The second-order valence-corrected chi connectivity index (χ2v) is 4.56. The fraction of sp³-hybridized carbons (Fsp3) is 0.0625. The number of aromatic nitrogens is 2. The largest absolute Gasteiger partial charge is 0.495 e. The summed E-state index contributed by atoms with van der Waals surface area (Å²) in [5.74, 6) is -0.00930. The third-order valence-electron chi connectivity index (χ3n) is 3.21. The van der Waals surface area contributed by atoms with E-state index < -0.39 is 11.5 Å². The molecule has 6 heteroatoms. The first-order valence-corrected chi connectivity index (χ1v) is 6.61. The number of anilines is 1. The molecule has 0 bridgehead atoms. The average molecular weight is 295 g/mol. The standard InChI is InChI=1S/C16H13N3O3/c1-22-13-7-3-2-6-12(13)18-15(20)11-10-17-14-8-4-5-9-19(14)16(11)21/h2-10H,1H3,(H,18,20). The maximum Gasteiger partial charge on any atom is 0.270 e. The summed E-state index contributed by atoms with van der Waals surface area (Å²) in [6.07, 6.45) is 2.85. The smallest absolute Gasteiger partial charge is 0.270 e. The zero-order valence-electron chi connectivity index (χ0n) is 11.8. The van der Waals surface area contributed by atoms with E-state index in [1.807, 2.05) is 0 Å². The zero-order valence-corrected chi connectivity index (χ0v) is 11.8. The van der Waals surface area contributed by atoms with Crippen molar-refractivity contribution >= 4 is 17.2 Å². The Balaban J connectivity index is 1.99. The van der Waals surface area contributed by atoms with Gasteiger partial charge in [0.25, 0.3) is 11.5 Å². The number of methoxy groups -OCH3 is 1. The number of nitrogens with zero attached hydrogens (tertiary/aromatic N) is 2. The number of benzene rings is 1. The van der Waals surface area contributed by atoms with Crippen LogP contribution in [0.3, 0.4) is 0 Å². The predicted octanol–water partition coefficient (Wildman–Crippen LogP) is 1.96. The lowest BCUT2D eigenvalue weighted by atomic mass is 10.2. The number of pyridine rings is 1. The number of amides is 1. The number of carbonyl (C=O) groups is 1. The van der Waals surface area contributed by atoms with Crippen molar-refractivity contribution in [2.24, 2.45) is 0 Å². The van der Waals surface area contributed by atoms with Crippen LogP contribution in [0.4, 0.5) is 5.69 Å². The highest BCUT2D eigenvalue weighted by Gasteiger charge is 2.14. The Morgan fingerprint density at radius 1 is 1.18 bits per heavy atom. The van der Waals surface area contributed by atoms with Crippen molar-refractivity contribution in [3.63, 3.8) is 0 Å². The van der Waals surface area contributed by atoms with Gasteiger partial charge in [0, 0.05) is 12.4 Å². The van der Waals surface area contributed by atoms with Crippen molar-refractivity contribution < 1.29 is 9.53 Å². The van der Waals surface area contributed by atoms with Crippen LogP contribution >= 0.6 is 0 Å². The van der Waals surface area contributed by atoms with E-state index in [4.69, 9.17) is 4.74 Å². The summed E-state index contributed by atoms with van der Waals surface area (Å²) in [6, 6.07) is 12.2. The van der Waals surface area contributed by atoms with E-state index in [1.54, 1.807) is 48.7 Å². The molecule has 0 saturated carbocycles. The van der Waals surface area contributed by atoms with Gasteiger partial charge in [0.2, 0.25) is 0 Å². The van der Waals surface area contributed by atoms with Gasteiger partial charge in [-0.3, -0.25) is 14.0 Å². The van der Waals surface area contributed by atoms with Crippen LogP contribution in [-0.4, -0.2) is 22.4 Å². The van der Waals surface area contributed by atoms with Gasteiger partial charge < -0.3 is 10.1 Å². The summed E-state index contributed by atoms with van der Waals surface area (Å²) >= 11 is 0. The monoisotopic (exact) mass is 295 g/mol. The first-order chi connectivity index (χ1) is 10.7. The third-order valence-corrected chi connectivity index (χ3v) is 3.21. The molecule has 6 nitrogen and oxygen atoms in total. The number of hydrogen-bond donors (Lipinski definition) is 1. The minimum absolute atomic E-state index is 0.0328. The molecule has 1 aromatic carbocycles. The summed E-state index contributed by atoms with van der Waals surface area (Å²) in [5, 5.41) is 2.67. The van der Waals surface area contributed by atoms with Crippen molar-refractivity contribution in [1.82, 2.24) is 9.38 Å². The summed E-state index contributed by atoms with van der Waals surface area (Å²) < 4.78 is 6.50. The number of rotatable bonds is 3. The molecular formula is C16H13N3O3. The topological polar surface area (TPSA) is 72.7 Å². The molecule has 3 aromatic rings. The van der Waals surface area contributed by atoms with Crippen LogP contribution in [0.1, 0.15) is 10.4 Å². The molecule has 110 valence electrons. The van der Waals surface area contributed by atoms with Crippen LogP contribution in [0.2, 0.25) is 0 Å². The van der Waals surface area contributed by atoms with Gasteiger partial charge in [-0.1, -0.05) is 18.2 Å². The van der Waals surface area contributed by atoms with E-state index in [0.29, 0.717) is 17.1 Å². The van der Waals surface area contributed by atoms with Crippen molar-refractivity contribution in [3.8, 4) is 5.75 Å². The van der Waals surface area contributed by atoms with Crippen LogP contribution in [0.5, 0.6) is 5.75 Å². The van der Waals surface area contributed by atoms with Crippen LogP contribution < -0.4 is 15.6 Å². The van der Waals surface area contributed by atoms with Gasteiger partial charge in [-0.25, -0.2) is 4.98 Å². The highest BCUT2D eigenvalue weighted by atomic mass is 16.5. The first kappa shape index (κ1) is 13.8. The molecule has 2 aromatic heterocycles. The number of fused-ring (bicyclic) bond motifs is 1. The number of hydrogen-bond acceptors (Lipinski definition) is 4. The molecule has 1 amide bonds. The molecule has 0 fully saturated rings. The van der Waals surface area contributed by atoms with Gasteiger partial charge in [0.15, 0.2) is 0 Å². The van der Waals surface area contributed by atoms with Crippen molar-refractivity contribution in [3.05, 3.63) is 70.8 Å². The number of ether oxygens (including phenoxy) is 1. The molecule has 0 saturated heterocycles. The summed E-state index contributed by atoms with van der Waals surface area (Å²) in [4.78, 5) is 28.8. The molecule has 1 N–H and O–H groups in total. The zero-order chi connectivity index (χ0) is 15.5. The van der Waals surface area contributed by atoms with Crippen molar-refractivity contribution in [1.29, 1.82) is 0 Å². The number of nitrogens with one attached hydrogen (secondary N) is 1. The lowest BCUT2D eigenvalue weighted by molar-refractivity contribution is 0.102. The molecule has 0 spiro atoms. The van der Waals surface area contributed by atoms with Gasteiger partial charge in [-0.05, 0) is 24.3 Å². The summed E-state index contributed by atoms with van der Waals surface area (Å²) in [7, 11) is 1.51. The van der Waals surface area contributed by atoms with E-state index in [-0.39, 0.29) is 5.56 Å². The summed E-state index contributed by atoms with van der Waals surface area (Å²) in [6.45, 7) is 0. The highest BCUT2D eigenvalue weighted by molar-refractivity contribution is 6.04. The van der Waals surface area contributed by atoms with Crippen LogP contribution in [0.25, 0.3) is 5.65 Å². The maximum atomic E-state index is 12.3. The second-order valence-electron chi connectivity index (χ2n) is 4.56. The molecule has 0 atom stereocenters. The molecule has 0 aliphatic heterocycles.